The van der Waals surface area contributed by atoms with Crippen LogP contribution in [0.5, 0.6) is 0 Å². The van der Waals surface area contributed by atoms with Crippen LogP contribution in [0.25, 0.3) is 0 Å². The minimum atomic E-state index is -3.41. The molecule has 0 aromatic carbocycles. The van der Waals surface area contributed by atoms with Crippen molar-refractivity contribution in [1.29, 1.82) is 0 Å². The molecule has 0 aromatic heterocycles. The van der Waals surface area contributed by atoms with Crippen LogP contribution in [0.15, 0.2) is 0 Å². The number of nitrogens with one attached hydrogen (secondary N) is 1. The highest BCUT2D eigenvalue weighted by atomic mass is 32.2. The fourth-order valence-corrected chi connectivity index (χ4v) is 1.77. The van der Waals surface area contributed by atoms with Gasteiger partial charge in [0.25, 0.3) is 0 Å². The van der Waals surface area contributed by atoms with Crippen LogP contribution in [0.3, 0.4) is 0 Å². The summed E-state index contributed by atoms with van der Waals surface area (Å²) in [5.41, 5.74) is 5.55. The van der Waals surface area contributed by atoms with Crippen LogP contribution in [0.2, 0.25) is 0 Å². The Balaban J connectivity index is 2.70. The van der Waals surface area contributed by atoms with Crippen LogP contribution >= 0.6 is 0 Å². The predicted molar refractivity (Wildman–Crippen MR) is 62.6 cm³/mol. The van der Waals surface area contributed by atoms with Crippen LogP contribution < -0.4 is 11.1 Å². The summed E-state index contributed by atoms with van der Waals surface area (Å²) in [6, 6.07) is -0.0893. The van der Waals surface area contributed by atoms with E-state index >= 15 is 0 Å². The fraction of sp³-hybridized carbons (Fsp3) is 0.900. The van der Waals surface area contributed by atoms with E-state index in [1.54, 1.807) is 0 Å². The van der Waals surface area contributed by atoms with E-state index in [0.29, 0.717) is 12.5 Å². The van der Waals surface area contributed by atoms with Gasteiger partial charge in [-0.2, -0.15) is 0 Å². The van der Waals surface area contributed by atoms with Gasteiger partial charge >= 0.3 is 0 Å². The second-order valence-electron chi connectivity index (χ2n) is 4.94. The number of hydrogen-bond acceptors (Lipinski definition) is 4. The van der Waals surface area contributed by atoms with E-state index < -0.39 is 20.5 Å². The number of rotatable bonds is 5. The van der Waals surface area contributed by atoms with E-state index in [0.717, 1.165) is 19.1 Å². The zero-order valence-electron chi connectivity index (χ0n) is 9.99. The van der Waals surface area contributed by atoms with E-state index in [9.17, 15) is 13.2 Å². The van der Waals surface area contributed by atoms with Gasteiger partial charge in [-0.15, -0.1) is 0 Å². The zero-order valence-corrected chi connectivity index (χ0v) is 10.8. The molecule has 1 aliphatic carbocycles. The molecule has 1 rings (SSSR count). The molecule has 16 heavy (non-hydrogen) atoms. The largest absolute Gasteiger partial charge is 0.350 e. The standard InChI is InChI=1S/C10H20N2O3S/c1-10(2,16(3,14)15)9(13)12-8(6-11)7-4-5-7/h7-8H,4-6,11H2,1-3H3,(H,12,13). The van der Waals surface area contributed by atoms with Crippen molar-refractivity contribution in [2.75, 3.05) is 12.8 Å². The molecule has 94 valence electrons. The average Bonchev–Trinajstić information content (AvgIpc) is 2.94. The molecule has 1 amide bonds. The summed E-state index contributed by atoms with van der Waals surface area (Å²) in [7, 11) is -3.41. The highest BCUT2D eigenvalue weighted by Crippen LogP contribution is 2.32. The third-order valence-electron chi connectivity index (χ3n) is 3.24. The normalized spacial score (nSPS) is 19.2. The lowest BCUT2D eigenvalue weighted by Gasteiger charge is -2.25. The van der Waals surface area contributed by atoms with Gasteiger partial charge in [-0.05, 0) is 32.6 Å². The van der Waals surface area contributed by atoms with E-state index in [1.165, 1.54) is 13.8 Å². The molecule has 1 fully saturated rings. The summed E-state index contributed by atoms with van der Waals surface area (Å²) in [4.78, 5) is 11.9. The van der Waals surface area contributed by atoms with E-state index in [4.69, 9.17) is 5.73 Å². The van der Waals surface area contributed by atoms with Gasteiger partial charge < -0.3 is 11.1 Å². The van der Waals surface area contributed by atoms with Crippen LogP contribution in [0.1, 0.15) is 26.7 Å². The van der Waals surface area contributed by atoms with Crippen molar-refractivity contribution in [2.24, 2.45) is 11.7 Å². The highest BCUT2D eigenvalue weighted by Gasteiger charge is 2.41. The predicted octanol–water partition coefficient (Wildman–Crippen LogP) is -0.337. The fourth-order valence-electron chi connectivity index (χ4n) is 1.38. The molecule has 1 aliphatic rings. The van der Waals surface area contributed by atoms with E-state index in [1.807, 2.05) is 0 Å². The zero-order chi connectivity index (χ0) is 12.6. The smallest absolute Gasteiger partial charge is 0.241 e. The SMILES string of the molecule is CC(C)(C(=O)NC(CN)C1CC1)S(C)(=O)=O. The Kier molecular flexibility index (Phi) is 3.64. The molecule has 3 N–H and O–H groups in total. The molecule has 0 bridgehead atoms. The van der Waals surface area contributed by atoms with Gasteiger partial charge in [0.05, 0.1) is 0 Å². The summed E-state index contributed by atoms with van der Waals surface area (Å²) in [6.45, 7) is 3.19. The third-order valence-corrected chi connectivity index (χ3v) is 5.27. The van der Waals surface area contributed by atoms with Crippen molar-refractivity contribution in [3.05, 3.63) is 0 Å². The second-order valence-corrected chi connectivity index (χ2v) is 7.50. The summed E-state index contributed by atoms with van der Waals surface area (Å²) in [5.74, 6) is -0.0401. The number of hydrogen-bond donors (Lipinski definition) is 2. The lowest BCUT2D eigenvalue weighted by Crippen LogP contribution is -2.53. The maximum absolute atomic E-state index is 11.9. The molecule has 0 radical (unpaired) electrons. The average molecular weight is 248 g/mol. The van der Waals surface area contributed by atoms with Crippen LogP contribution in [0, 0.1) is 5.92 Å². The Bertz CT molecular complexity index is 372. The number of nitrogens with two attached hydrogens (primary N) is 1. The van der Waals surface area contributed by atoms with Gasteiger partial charge in [0, 0.05) is 18.8 Å². The van der Waals surface area contributed by atoms with Crippen LogP contribution in [-0.4, -0.2) is 37.9 Å². The van der Waals surface area contributed by atoms with Crippen molar-refractivity contribution in [3.8, 4) is 0 Å². The van der Waals surface area contributed by atoms with Gasteiger partial charge in [0.15, 0.2) is 9.84 Å². The first-order valence-electron chi connectivity index (χ1n) is 5.40. The molecular weight excluding hydrogens is 228 g/mol. The Morgan fingerprint density at radius 2 is 2.00 bits per heavy atom. The molecule has 1 unspecified atom stereocenters. The van der Waals surface area contributed by atoms with Crippen molar-refractivity contribution < 1.29 is 13.2 Å². The van der Waals surface area contributed by atoms with Crippen LogP contribution in [0.4, 0.5) is 0 Å². The van der Waals surface area contributed by atoms with Gasteiger partial charge in [-0.25, -0.2) is 8.42 Å². The monoisotopic (exact) mass is 248 g/mol. The lowest BCUT2D eigenvalue weighted by molar-refractivity contribution is -0.123. The van der Waals surface area contributed by atoms with Crippen molar-refractivity contribution in [2.45, 2.75) is 37.5 Å². The first kappa shape index (κ1) is 13.4. The first-order chi connectivity index (χ1) is 7.20. The molecule has 1 saturated carbocycles. The molecule has 0 saturated heterocycles. The molecule has 0 aliphatic heterocycles. The quantitative estimate of drug-likeness (QED) is 0.697. The van der Waals surface area contributed by atoms with Gasteiger partial charge in [0.1, 0.15) is 4.75 Å². The van der Waals surface area contributed by atoms with E-state index in [2.05, 4.69) is 5.32 Å². The Morgan fingerprint density at radius 1 is 1.50 bits per heavy atom. The van der Waals surface area contributed by atoms with Gasteiger partial charge in [0.2, 0.25) is 5.91 Å². The molecule has 6 heteroatoms. The number of sulfone groups is 1. The summed E-state index contributed by atoms with van der Waals surface area (Å²) >= 11 is 0. The maximum atomic E-state index is 11.9. The maximum Gasteiger partial charge on any atom is 0.241 e. The van der Waals surface area contributed by atoms with Crippen LogP contribution in [-0.2, 0) is 14.6 Å². The number of carbonyl (C=O) groups excluding carboxylic acids is 1. The number of amides is 1. The molecular formula is C10H20N2O3S. The molecule has 0 aromatic rings. The summed E-state index contributed by atoms with van der Waals surface area (Å²) in [5, 5.41) is 2.73. The summed E-state index contributed by atoms with van der Waals surface area (Å²) < 4.78 is 21.5. The molecule has 1 atom stereocenters. The summed E-state index contributed by atoms with van der Waals surface area (Å²) in [6.07, 6.45) is 3.18. The van der Waals surface area contributed by atoms with Gasteiger partial charge in [-0.1, -0.05) is 0 Å². The Labute approximate surface area is 96.7 Å². The van der Waals surface area contributed by atoms with Crippen molar-refractivity contribution >= 4 is 15.7 Å². The Morgan fingerprint density at radius 3 is 2.31 bits per heavy atom. The molecule has 0 heterocycles. The van der Waals surface area contributed by atoms with Crippen molar-refractivity contribution in [3.63, 3.8) is 0 Å². The molecule has 0 spiro atoms. The first-order valence-corrected chi connectivity index (χ1v) is 7.30. The Hall–Kier alpha value is -0.620. The third kappa shape index (κ3) is 2.74. The van der Waals surface area contributed by atoms with E-state index in [-0.39, 0.29) is 6.04 Å². The second kappa shape index (κ2) is 4.33. The van der Waals surface area contributed by atoms with Gasteiger partial charge in [-0.3, -0.25) is 4.79 Å². The highest BCUT2D eigenvalue weighted by molar-refractivity contribution is 7.92. The molecule has 5 nitrogen and oxygen atoms in total. The minimum Gasteiger partial charge on any atom is -0.350 e. The topological polar surface area (TPSA) is 89.3 Å². The number of carbonyl (C=O) groups is 1. The van der Waals surface area contributed by atoms with Crippen molar-refractivity contribution in [1.82, 2.24) is 5.32 Å². The minimum absolute atomic E-state index is 0.0893. The lowest BCUT2D eigenvalue weighted by atomic mass is 10.1.